The summed E-state index contributed by atoms with van der Waals surface area (Å²) < 4.78 is 26.5. The Hall–Kier alpha value is -1.01. The molecular weight excluding hydrogens is 295 g/mol. The molecule has 0 spiro atoms. The van der Waals surface area contributed by atoms with Gasteiger partial charge in [0.15, 0.2) is 0 Å². The molecule has 0 aliphatic rings. The Kier molecular flexibility index (Phi) is 3.97. The van der Waals surface area contributed by atoms with Crippen LogP contribution in [0.1, 0.15) is 5.56 Å². The van der Waals surface area contributed by atoms with Gasteiger partial charge in [-0.3, -0.25) is 0 Å². The second kappa shape index (κ2) is 5.32. The van der Waals surface area contributed by atoms with E-state index in [0.29, 0.717) is 5.02 Å². The molecule has 1 aromatic carbocycles. The van der Waals surface area contributed by atoms with Crippen LogP contribution in [0.5, 0.6) is 0 Å². The first-order valence-corrected chi connectivity index (χ1v) is 7.29. The van der Waals surface area contributed by atoms with Crippen molar-refractivity contribution >= 4 is 33.2 Å². The molecule has 2 rings (SSSR count). The first-order chi connectivity index (χ1) is 8.49. The number of halogens is 2. The monoisotopic (exact) mass is 304 g/mol. The minimum Gasteiger partial charge on any atom is -0.367 e. The van der Waals surface area contributed by atoms with Crippen molar-refractivity contribution in [2.24, 2.45) is 0 Å². The molecule has 1 heterocycles. The van der Waals surface area contributed by atoms with Crippen LogP contribution in [-0.4, -0.2) is 13.4 Å². The highest BCUT2D eigenvalue weighted by atomic mass is 35.5. The van der Waals surface area contributed by atoms with Crippen LogP contribution in [0.3, 0.4) is 0 Å². The average Bonchev–Trinajstić information content (AvgIpc) is 2.83. The standard InChI is InChI=1S/C11H10Cl2N2O2S/c12-9-1-2-10(13)11(5-9)18(16,17)15-7-8-3-4-14-6-8/h1-6,14-15H,7H2. The smallest absolute Gasteiger partial charge is 0.242 e. The number of aromatic amines is 1. The highest BCUT2D eigenvalue weighted by Crippen LogP contribution is 2.24. The van der Waals surface area contributed by atoms with Crippen molar-refractivity contribution in [3.63, 3.8) is 0 Å². The fourth-order valence-corrected chi connectivity index (χ4v) is 3.19. The Morgan fingerprint density at radius 2 is 2.00 bits per heavy atom. The molecular formula is C11H10Cl2N2O2S. The van der Waals surface area contributed by atoms with Crippen LogP contribution in [0.2, 0.25) is 10.0 Å². The minimum absolute atomic E-state index is 0.0211. The van der Waals surface area contributed by atoms with Gasteiger partial charge in [-0.15, -0.1) is 0 Å². The van der Waals surface area contributed by atoms with E-state index >= 15 is 0 Å². The number of aromatic nitrogens is 1. The summed E-state index contributed by atoms with van der Waals surface area (Å²) in [6, 6.07) is 6.09. The maximum atomic E-state index is 12.0. The number of H-pyrrole nitrogens is 1. The van der Waals surface area contributed by atoms with Crippen LogP contribution in [0, 0.1) is 0 Å². The molecule has 96 valence electrons. The summed E-state index contributed by atoms with van der Waals surface area (Å²) in [6.07, 6.45) is 3.43. The zero-order chi connectivity index (χ0) is 13.2. The lowest BCUT2D eigenvalue weighted by molar-refractivity contribution is 0.581. The quantitative estimate of drug-likeness (QED) is 0.912. The first kappa shape index (κ1) is 13.4. The molecule has 0 saturated carbocycles. The fraction of sp³-hybridized carbons (Fsp3) is 0.0909. The van der Waals surface area contributed by atoms with Gasteiger partial charge in [0.2, 0.25) is 10.0 Å². The molecule has 2 N–H and O–H groups in total. The van der Waals surface area contributed by atoms with Gasteiger partial charge in [0, 0.05) is 24.0 Å². The third-order valence-corrected chi connectivity index (χ3v) is 4.43. The largest absolute Gasteiger partial charge is 0.367 e. The summed E-state index contributed by atoms with van der Waals surface area (Å²) in [5.41, 5.74) is 0.830. The van der Waals surface area contributed by atoms with Gasteiger partial charge in [-0.25, -0.2) is 13.1 Å². The predicted molar refractivity (Wildman–Crippen MR) is 71.3 cm³/mol. The van der Waals surface area contributed by atoms with Gasteiger partial charge >= 0.3 is 0 Å². The Morgan fingerprint density at radius 1 is 1.22 bits per heavy atom. The fourth-order valence-electron chi connectivity index (χ4n) is 1.41. The van der Waals surface area contributed by atoms with Crippen LogP contribution >= 0.6 is 23.2 Å². The van der Waals surface area contributed by atoms with Crippen molar-refractivity contribution in [2.45, 2.75) is 11.4 Å². The van der Waals surface area contributed by atoms with Gasteiger partial charge in [0.05, 0.1) is 5.02 Å². The topological polar surface area (TPSA) is 62.0 Å². The third kappa shape index (κ3) is 3.05. The lowest BCUT2D eigenvalue weighted by Gasteiger charge is -2.07. The molecule has 0 atom stereocenters. The van der Waals surface area contributed by atoms with Gasteiger partial charge < -0.3 is 4.98 Å². The van der Waals surface area contributed by atoms with Crippen molar-refractivity contribution in [3.05, 3.63) is 52.3 Å². The third-order valence-electron chi connectivity index (χ3n) is 2.31. The lowest BCUT2D eigenvalue weighted by atomic mass is 10.4. The Morgan fingerprint density at radius 3 is 2.67 bits per heavy atom. The average molecular weight is 305 g/mol. The first-order valence-electron chi connectivity index (χ1n) is 5.05. The Labute approximate surface area is 115 Å². The molecule has 0 bridgehead atoms. The van der Waals surface area contributed by atoms with E-state index in [1.807, 2.05) is 0 Å². The molecule has 0 aliphatic carbocycles. The molecule has 1 aromatic heterocycles. The van der Waals surface area contributed by atoms with Gasteiger partial charge in [0.25, 0.3) is 0 Å². The lowest BCUT2D eigenvalue weighted by Crippen LogP contribution is -2.23. The SMILES string of the molecule is O=S(=O)(NCc1cc[nH]c1)c1cc(Cl)ccc1Cl. The number of nitrogens with one attached hydrogen (secondary N) is 2. The van der Waals surface area contributed by atoms with E-state index in [1.165, 1.54) is 18.2 Å². The van der Waals surface area contributed by atoms with E-state index in [0.717, 1.165) is 5.56 Å². The molecule has 7 heteroatoms. The summed E-state index contributed by atoms with van der Waals surface area (Å²) in [4.78, 5) is 2.82. The zero-order valence-corrected chi connectivity index (χ0v) is 11.5. The maximum absolute atomic E-state index is 12.0. The van der Waals surface area contributed by atoms with E-state index in [2.05, 4.69) is 9.71 Å². The number of sulfonamides is 1. The molecule has 0 radical (unpaired) electrons. The molecule has 2 aromatic rings. The number of hydrogen-bond acceptors (Lipinski definition) is 2. The molecule has 18 heavy (non-hydrogen) atoms. The van der Waals surface area contributed by atoms with E-state index in [1.54, 1.807) is 18.5 Å². The van der Waals surface area contributed by atoms with Crippen molar-refractivity contribution in [2.75, 3.05) is 0 Å². The second-order valence-corrected chi connectivity index (χ2v) is 6.20. The van der Waals surface area contributed by atoms with Crippen molar-refractivity contribution in [1.29, 1.82) is 0 Å². The Bertz CT molecular complexity index is 639. The van der Waals surface area contributed by atoms with Gasteiger partial charge in [-0.1, -0.05) is 23.2 Å². The molecule has 4 nitrogen and oxygen atoms in total. The summed E-state index contributed by atoms with van der Waals surface area (Å²) >= 11 is 11.6. The number of rotatable bonds is 4. The van der Waals surface area contributed by atoms with Gasteiger partial charge in [-0.2, -0.15) is 0 Å². The van der Waals surface area contributed by atoms with Crippen LogP contribution in [0.4, 0.5) is 0 Å². The molecule has 0 saturated heterocycles. The summed E-state index contributed by atoms with van der Waals surface area (Å²) in [6.45, 7) is 0.189. The summed E-state index contributed by atoms with van der Waals surface area (Å²) in [7, 11) is -3.67. The van der Waals surface area contributed by atoms with Crippen LogP contribution < -0.4 is 4.72 Å². The molecule has 0 amide bonds. The van der Waals surface area contributed by atoms with E-state index in [-0.39, 0.29) is 16.5 Å². The van der Waals surface area contributed by atoms with Crippen LogP contribution in [0.25, 0.3) is 0 Å². The van der Waals surface area contributed by atoms with Crippen molar-refractivity contribution in [1.82, 2.24) is 9.71 Å². The van der Waals surface area contributed by atoms with E-state index in [4.69, 9.17) is 23.2 Å². The normalized spacial score (nSPS) is 11.7. The Balaban J connectivity index is 2.22. The highest BCUT2D eigenvalue weighted by molar-refractivity contribution is 7.89. The van der Waals surface area contributed by atoms with Crippen molar-refractivity contribution < 1.29 is 8.42 Å². The van der Waals surface area contributed by atoms with E-state index in [9.17, 15) is 8.42 Å². The highest BCUT2D eigenvalue weighted by Gasteiger charge is 2.18. The van der Waals surface area contributed by atoms with Crippen molar-refractivity contribution in [3.8, 4) is 0 Å². The van der Waals surface area contributed by atoms with E-state index < -0.39 is 10.0 Å². The van der Waals surface area contributed by atoms with Gasteiger partial charge in [0.1, 0.15) is 4.90 Å². The summed E-state index contributed by atoms with van der Waals surface area (Å²) in [5.74, 6) is 0. The minimum atomic E-state index is -3.67. The maximum Gasteiger partial charge on any atom is 0.242 e. The summed E-state index contributed by atoms with van der Waals surface area (Å²) in [5, 5.41) is 0.461. The van der Waals surface area contributed by atoms with Crippen LogP contribution in [-0.2, 0) is 16.6 Å². The molecule has 0 aliphatic heterocycles. The number of benzene rings is 1. The second-order valence-electron chi connectivity index (χ2n) is 3.62. The zero-order valence-electron chi connectivity index (χ0n) is 9.15. The van der Waals surface area contributed by atoms with Gasteiger partial charge in [-0.05, 0) is 29.8 Å². The predicted octanol–water partition coefficient (Wildman–Crippen LogP) is 2.80. The molecule has 0 fully saturated rings. The van der Waals surface area contributed by atoms with Crippen LogP contribution in [0.15, 0.2) is 41.6 Å². The number of hydrogen-bond donors (Lipinski definition) is 2. The molecule has 0 unspecified atom stereocenters.